The molecule has 180 valence electrons. The number of rotatable bonds is 8. The van der Waals surface area contributed by atoms with Crippen LogP contribution in [-0.4, -0.2) is 54.8 Å². The maximum atomic E-state index is 12.8. The molecular formula is C27H44N2O3. The van der Waals surface area contributed by atoms with E-state index >= 15 is 0 Å². The summed E-state index contributed by atoms with van der Waals surface area (Å²) in [5, 5.41) is 13.4. The van der Waals surface area contributed by atoms with Crippen molar-refractivity contribution < 1.29 is 14.6 Å². The van der Waals surface area contributed by atoms with Crippen LogP contribution < -0.4 is 10.1 Å². The van der Waals surface area contributed by atoms with Crippen molar-refractivity contribution in [3.8, 4) is 5.75 Å². The molecule has 4 atom stereocenters. The van der Waals surface area contributed by atoms with Crippen LogP contribution in [0.1, 0.15) is 71.4 Å². The molecule has 2 fully saturated rings. The summed E-state index contributed by atoms with van der Waals surface area (Å²) in [6.45, 7) is 14.8. The fraction of sp³-hybridized carbons (Fsp3) is 0.741. The molecular weight excluding hydrogens is 400 g/mol. The van der Waals surface area contributed by atoms with E-state index in [1.165, 1.54) is 30.5 Å². The van der Waals surface area contributed by atoms with Gasteiger partial charge in [0, 0.05) is 23.4 Å². The first kappa shape index (κ1) is 25.0. The Kier molecular flexibility index (Phi) is 7.61. The maximum absolute atomic E-state index is 12.8. The standard InChI is InChI=1S/C27H44N2O3/c1-18-8-11-23(32-7)14-24(18)27(15-22(17-30)28-25(31)26(4,5)6)12-13-29(16-21-9-10-21)20(3)19(27)2/h8,11,14,19-22,30H,9-10,12-13,15-17H2,1-7H3,(H,28,31). The molecule has 1 aliphatic heterocycles. The smallest absolute Gasteiger partial charge is 0.225 e. The van der Waals surface area contributed by atoms with Crippen LogP contribution in [0, 0.1) is 24.2 Å². The minimum absolute atomic E-state index is 0.0130. The Labute approximate surface area is 194 Å². The number of hydrogen-bond donors (Lipinski definition) is 2. The first-order chi connectivity index (χ1) is 15.0. The predicted molar refractivity (Wildman–Crippen MR) is 130 cm³/mol. The lowest BCUT2D eigenvalue weighted by molar-refractivity contribution is -0.129. The number of nitrogens with zero attached hydrogens (tertiary/aromatic N) is 1. The van der Waals surface area contributed by atoms with E-state index in [0.29, 0.717) is 12.0 Å². The summed E-state index contributed by atoms with van der Waals surface area (Å²) < 4.78 is 5.60. The molecule has 1 aromatic carbocycles. The van der Waals surface area contributed by atoms with Gasteiger partial charge in [-0.15, -0.1) is 0 Å². The average molecular weight is 445 g/mol. The van der Waals surface area contributed by atoms with Crippen LogP contribution in [0.25, 0.3) is 0 Å². The molecule has 0 bridgehead atoms. The largest absolute Gasteiger partial charge is 0.497 e. The Morgan fingerprint density at radius 1 is 1.31 bits per heavy atom. The molecule has 2 aliphatic rings. The molecule has 0 spiro atoms. The lowest BCUT2D eigenvalue weighted by Crippen LogP contribution is -2.57. The van der Waals surface area contributed by atoms with Gasteiger partial charge in [-0.05, 0) is 81.2 Å². The number of likely N-dealkylation sites (tertiary alicyclic amines) is 1. The van der Waals surface area contributed by atoms with Crippen molar-refractivity contribution in [2.24, 2.45) is 17.3 Å². The van der Waals surface area contributed by atoms with Gasteiger partial charge in [-0.25, -0.2) is 0 Å². The summed E-state index contributed by atoms with van der Waals surface area (Å²) in [6.07, 6.45) is 4.47. The number of piperidine rings is 1. The normalized spacial score (nSPS) is 27.8. The van der Waals surface area contributed by atoms with E-state index < -0.39 is 5.41 Å². The van der Waals surface area contributed by atoms with Gasteiger partial charge in [-0.1, -0.05) is 33.8 Å². The van der Waals surface area contributed by atoms with Gasteiger partial charge >= 0.3 is 0 Å². The fourth-order valence-electron chi connectivity index (χ4n) is 5.49. The van der Waals surface area contributed by atoms with Crippen LogP contribution in [0.2, 0.25) is 0 Å². The summed E-state index contributed by atoms with van der Waals surface area (Å²) in [5.41, 5.74) is 1.92. The van der Waals surface area contributed by atoms with Gasteiger partial charge < -0.3 is 20.1 Å². The lowest BCUT2D eigenvalue weighted by Gasteiger charge is -2.53. The number of aliphatic hydroxyl groups is 1. The molecule has 5 heteroatoms. The van der Waals surface area contributed by atoms with E-state index in [-0.39, 0.29) is 24.0 Å². The van der Waals surface area contributed by atoms with Gasteiger partial charge in [0.2, 0.25) is 5.91 Å². The van der Waals surface area contributed by atoms with Crippen molar-refractivity contribution in [3.63, 3.8) is 0 Å². The van der Waals surface area contributed by atoms with Gasteiger partial charge in [0.15, 0.2) is 0 Å². The van der Waals surface area contributed by atoms with Crippen molar-refractivity contribution in [2.75, 3.05) is 26.8 Å². The van der Waals surface area contributed by atoms with Crippen molar-refractivity contribution >= 4 is 5.91 Å². The van der Waals surface area contributed by atoms with Gasteiger partial charge in [-0.3, -0.25) is 4.79 Å². The Bertz CT molecular complexity index is 799. The van der Waals surface area contributed by atoms with E-state index in [9.17, 15) is 9.90 Å². The molecule has 3 rings (SSSR count). The monoisotopic (exact) mass is 444 g/mol. The second-order valence-electron chi connectivity index (χ2n) is 11.4. The zero-order chi connectivity index (χ0) is 23.7. The second kappa shape index (κ2) is 9.72. The van der Waals surface area contributed by atoms with Crippen molar-refractivity contribution in [2.45, 2.75) is 84.7 Å². The summed E-state index contributed by atoms with van der Waals surface area (Å²) >= 11 is 0. The van der Waals surface area contributed by atoms with E-state index in [1.807, 2.05) is 26.8 Å². The van der Waals surface area contributed by atoms with E-state index in [4.69, 9.17) is 4.74 Å². The number of carbonyl (C=O) groups excluding carboxylic acids is 1. The average Bonchev–Trinajstić information content (AvgIpc) is 3.56. The molecule has 1 aliphatic carbocycles. The highest BCUT2D eigenvalue weighted by Crippen LogP contribution is 2.48. The molecule has 2 N–H and O–H groups in total. The van der Waals surface area contributed by atoms with Crippen LogP contribution >= 0.6 is 0 Å². The molecule has 0 radical (unpaired) electrons. The minimum Gasteiger partial charge on any atom is -0.497 e. The SMILES string of the molecule is COc1ccc(C)c(C2(CC(CO)NC(=O)C(C)(C)C)CCN(CC3CC3)C(C)C2C)c1. The summed E-state index contributed by atoms with van der Waals surface area (Å²) in [7, 11) is 1.71. The summed E-state index contributed by atoms with van der Waals surface area (Å²) in [4.78, 5) is 15.4. The van der Waals surface area contributed by atoms with Crippen molar-refractivity contribution in [3.05, 3.63) is 29.3 Å². The highest BCUT2D eigenvalue weighted by molar-refractivity contribution is 5.81. The number of ether oxygens (including phenoxy) is 1. The third-order valence-electron chi connectivity index (χ3n) is 8.03. The number of amides is 1. The van der Waals surface area contributed by atoms with E-state index in [1.54, 1.807) is 7.11 Å². The number of hydrogen-bond acceptors (Lipinski definition) is 4. The highest BCUT2D eigenvalue weighted by atomic mass is 16.5. The Morgan fingerprint density at radius 2 is 2.00 bits per heavy atom. The number of methoxy groups -OCH3 is 1. The number of carbonyl (C=O) groups is 1. The minimum atomic E-state index is -0.487. The Hall–Kier alpha value is -1.59. The topological polar surface area (TPSA) is 61.8 Å². The first-order valence-corrected chi connectivity index (χ1v) is 12.3. The molecule has 1 heterocycles. The third-order valence-corrected chi connectivity index (χ3v) is 8.03. The molecule has 1 amide bonds. The molecule has 1 saturated carbocycles. The predicted octanol–water partition coefficient (Wildman–Crippen LogP) is 4.30. The quantitative estimate of drug-likeness (QED) is 0.628. The number of nitrogens with one attached hydrogen (secondary N) is 1. The van der Waals surface area contributed by atoms with Crippen LogP contribution in [0.4, 0.5) is 0 Å². The number of aryl methyl sites for hydroxylation is 1. The molecule has 1 saturated heterocycles. The second-order valence-corrected chi connectivity index (χ2v) is 11.4. The van der Waals surface area contributed by atoms with Crippen LogP contribution in [0.5, 0.6) is 5.75 Å². The number of benzene rings is 1. The van der Waals surface area contributed by atoms with Gasteiger partial charge in [-0.2, -0.15) is 0 Å². The molecule has 32 heavy (non-hydrogen) atoms. The number of aliphatic hydroxyl groups excluding tert-OH is 1. The van der Waals surface area contributed by atoms with Crippen LogP contribution in [-0.2, 0) is 10.2 Å². The fourth-order valence-corrected chi connectivity index (χ4v) is 5.49. The Balaban J connectivity index is 1.97. The zero-order valence-electron chi connectivity index (χ0n) is 21.2. The van der Waals surface area contributed by atoms with Gasteiger partial charge in [0.25, 0.3) is 0 Å². The maximum Gasteiger partial charge on any atom is 0.225 e. The van der Waals surface area contributed by atoms with E-state index in [2.05, 4.69) is 43.1 Å². The summed E-state index contributed by atoms with van der Waals surface area (Å²) in [5.74, 6) is 2.10. The highest BCUT2D eigenvalue weighted by Gasteiger charge is 2.48. The molecule has 5 nitrogen and oxygen atoms in total. The lowest BCUT2D eigenvalue weighted by atomic mass is 9.60. The van der Waals surface area contributed by atoms with E-state index in [0.717, 1.165) is 31.1 Å². The van der Waals surface area contributed by atoms with Crippen LogP contribution in [0.15, 0.2) is 18.2 Å². The van der Waals surface area contributed by atoms with Gasteiger partial charge in [0.05, 0.1) is 19.8 Å². The van der Waals surface area contributed by atoms with Crippen LogP contribution in [0.3, 0.4) is 0 Å². The third kappa shape index (κ3) is 5.31. The van der Waals surface area contributed by atoms with Crippen molar-refractivity contribution in [1.82, 2.24) is 10.2 Å². The van der Waals surface area contributed by atoms with Gasteiger partial charge in [0.1, 0.15) is 5.75 Å². The first-order valence-electron chi connectivity index (χ1n) is 12.3. The van der Waals surface area contributed by atoms with Crippen molar-refractivity contribution in [1.29, 1.82) is 0 Å². The molecule has 4 unspecified atom stereocenters. The summed E-state index contributed by atoms with van der Waals surface area (Å²) in [6, 6.07) is 6.51. The Morgan fingerprint density at radius 3 is 2.56 bits per heavy atom. The molecule has 1 aromatic rings. The molecule has 0 aromatic heterocycles. The zero-order valence-corrected chi connectivity index (χ0v) is 21.2.